The van der Waals surface area contributed by atoms with E-state index in [-0.39, 0.29) is 36.7 Å². The second-order valence-corrected chi connectivity index (χ2v) is 6.85. The number of likely N-dealkylation sites (tertiary alicyclic amines) is 1. The molecule has 0 radical (unpaired) electrons. The fourth-order valence-electron chi connectivity index (χ4n) is 3.49. The van der Waals surface area contributed by atoms with Crippen LogP contribution in [0.2, 0.25) is 0 Å². The van der Waals surface area contributed by atoms with Crippen LogP contribution in [0.5, 0.6) is 5.75 Å². The van der Waals surface area contributed by atoms with Gasteiger partial charge in [0.15, 0.2) is 0 Å². The molecule has 5 nitrogen and oxygen atoms in total. The maximum atomic E-state index is 12.9. The number of aliphatic hydroxyl groups is 1. The van der Waals surface area contributed by atoms with Crippen LogP contribution in [0, 0.1) is 11.7 Å². The van der Waals surface area contributed by atoms with E-state index in [9.17, 15) is 14.3 Å². The molecule has 1 atom stereocenters. The van der Waals surface area contributed by atoms with Crippen LogP contribution in [0.1, 0.15) is 25.7 Å². The molecule has 2 fully saturated rings. The Kier molecular flexibility index (Phi) is 7.04. The van der Waals surface area contributed by atoms with Gasteiger partial charge in [0.1, 0.15) is 23.8 Å². The maximum Gasteiger partial charge on any atom is 0.225 e. The summed E-state index contributed by atoms with van der Waals surface area (Å²) in [4.78, 5) is 14.4. The summed E-state index contributed by atoms with van der Waals surface area (Å²) < 4.78 is 18.5. The minimum absolute atomic E-state index is 0. The van der Waals surface area contributed by atoms with Crippen LogP contribution in [-0.2, 0) is 4.79 Å². The van der Waals surface area contributed by atoms with Gasteiger partial charge in [0.2, 0.25) is 5.91 Å². The largest absolute Gasteiger partial charge is 0.491 e. The molecule has 2 heterocycles. The molecule has 140 valence electrons. The van der Waals surface area contributed by atoms with Gasteiger partial charge in [-0.15, -0.1) is 12.4 Å². The Bertz CT molecular complexity index is 566. The van der Waals surface area contributed by atoms with E-state index >= 15 is 0 Å². The summed E-state index contributed by atoms with van der Waals surface area (Å²) in [7, 11) is 0. The number of hydrogen-bond acceptors (Lipinski definition) is 4. The Balaban J connectivity index is 0.00000225. The fraction of sp³-hybridized carbons (Fsp3) is 0.611. The van der Waals surface area contributed by atoms with Gasteiger partial charge in [0, 0.05) is 12.5 Å². The van der Waals surface area contributed by atoms with E-state index in [4.69, 9.17) is 4.74 Å². The van der Waals surface area contributed by atoms with Crippen molar-refractivity contribution in [2.24, 2.45) is 5.92 Å². The second-order valence-electron chi connectivity index (χ2n) is 6.85. The Morgan fingerprint density at radius 1 is 1.32 bits per heavy atom. The highest BCUT2D eigenvalue weighted by molar-refractivity contribution is 5.85. The first-order valence-electron chi connectivity index (χ1n) is 8.66. The second kappa shape index (κ2) is 8.83. The van der Waals surface area contributed by atoms with Crippen LogP contribution in [0.15, 0.2) is 24.3 Å². The van der Waals surface area contributed by atoms with Crippen LogP contribution in [0.4, 0.5) is 4.39 Å². The highest BCUT2D eigenvalue weighted by atomic mass is 35.5. The summed E-state index contributed by atoms with van der Waals surface area (Å²) in [5.74, 6) is 0.409. The minimum atomic E-state index is -1.05. The van der Waals surface area contributed by atoms with Gasteiger partial charge in [-0.05, 0) is 63.0 Å². The Labute approximate surface area is 153 Å². The summed E-state index contributed by atoms with van der Waals surface area (Å²) in [6.45, 7) is 2.86. The summed E-state index contributed by atoms with van der Waals surface area (Å²) in [6, 6.07) is 5.74. The number of ether oxygens (including phenoxy) is 1. The van der Waals surface area contributed by atoms with Crippen LogP contribution in [0.3, 0.4) is 0 Å². The van der Waals surface area contributed by atoms with Gasteiger partial charge in [-0.2, -0.15) is 0 Å². The predicted octanol–water partition coefficient (Wildman–Crippen LogP) is 1.98. The minimum Gasteiger partial charge on any atom is -0.491 e. The SMILES string of the molecule is Cl.O=C(C1CCNCC1)N1CCCC(O)(COc2ccc(F)cc2)C1. The first-order chi connectivity index (χ1) is 11.6. The number of piperidine rings is 2. The zero-order valence-corrected chi connectivity index (χ0v) is 15.1. The molecule has 2 saturated heterocycles. The molecule has 0 bridgehead atoms. The quantitative estimate of drug-likeness (QED) is 0.848. The normalized spacial score (nSPS) is 24.5. The molecular formula is C18H26ClFN2O3. The molecule has 0 spiro atoms. The van der Waals surface area contributed by atoms with E-state index in [1.165, 1.54) is 12.1 Å². The van der Waals surface area contributed by atoms with Gasteiger partial charge in [-0.25, -0.2) is 4.39 Å². The van der Waals surface area contributed by atoms with Gasteiger partial charge in [0.25, 0.3) is 0 Å². The molecule has 0 aliphatic carbocycles. The van der Waals surface area contributed by atoms with Crippen LogP contribution in [0.25, 0.3) is 0 Å². The molecule has 2 N–H and O–H groups in total. The van der Waals surface area contributed by atoms with Crippen molar-refractivity contribution in [2.45, 2.75) is 31.3 Å². The zero-order chi connectivity index (χ0) is 17.0. The summed E-state index contributed by atoms with van der Waals surface area (Å²) in [6.07, 6.45) is 3.09. The summed E-state index contributed by atoms with van der Waals surface area (Å²) in [5.41, 5.74) is -1.05. The molecule has 0 aromatic heterocycles. The Hall–Kier alpha value is -1.37. The molecule has 7 heteroatoms. The van der Waals surface area contributed by atoms with Crippen molar-refractivity contribution in [1.82, 2.24) is 10.2 Å². The molecule has 25 heavy (non-hydrogen) atoms. The lowest BCUT2D eigenvalue weighted by Crippen LogP contribution is -2.55. The standard InChI is InChI=1S/C18H25FN2O3.ClH/c19-15-2-4-16(5-3-15)24-13-18(23)8-1-11-21(12-18)17(22)14-6-9-20-10-7-14;/h2-5,14,20,23H,1,6-13H2;1H. The highest BCUT2D eigenvalue weighted by Gasteiger charge is 2.38. The lowest BCUT2D eigenvalue weighted by molar-refractivity contribution is -0.145. The van der Waals surface area contributed by atoms with Crippen LogP contribution in [-0.4, -0.2) is 54.3 Å². The molecule has 0 saturated carbocycles. The van der Waals surface area contributed by atoms with Crippen LogP contribution < -0.4 is 10.1 Å². The number of rotatable bonds is 4. The molecule has 2 aliphatic heterocycles. The number of hydrogen-bond donors (Lipinski definition) is 2. The predicted molar refractivity (Wildman–Crippen MR) is 95.5 cm³/mol. The number of amides is 1. The molecule has 1 aromatic rings. The van der Waals surface area contributed by atoms with Crippen molar-refractivity contribution in [2.75, 3.05) is 32.8 Å². The third-order valence-corrected chi connectivity index (χ3v) is 4.88. The van der Waals surface area contributed by atoms with Crippen molar-refractivity contribution in [1.29, 1.82) is 0 Å². The average Bonchev–Trinajstić information content (AvgIpc) is 2.61. The van der Waals surface area contributed by atoms with Gasteiger partial charge >= 0.3 is 0 Å². The van der Waals surface area contributed by atoms with Crippen molar-refractivity contribution in [3.05, 3.63) is 30.1 Å². The molecule has 1 amide bonds. The van der Waals surface area contributed by atoms with E-state index in [1.807, 2.05) is 0 Å². The van der Waals surface area contributed by atoms with Gasteiger partial charge < -0.3 is 20.1 Å². The Morgan fingerprint density at radius 3 is 2.68 bits per heavy atom. The highest BCUT2D eigenvalue weighted by Crippen LogP contribution is 2.26. The summed E-state index contributed by atoms with van der Waals surface area (Å²) >= 11 is 0. The molecule has 1 unspecified atom stereocenters. The first kappa shape index (κ1) is 19.9. The number of nitrogens with one attached hydrogen (secondary N) is 1. The average molecular weight is 373 g/mol. The monoisotopic (exact) mass is 372 g/mol. The molecule has 3 rings (SSSR count). The molecule has 2 aliphatic rings. The van der Waals surface area contributed by atoms with Crippen molar-refractivity contribution in [3.8, 4) is 5.75 Å². The fourth-order valence-corrected chi connectivity index (χ4v) is 3.49. The topological polar surface area (TPSA) is 61.8 Å². The molecular weight excluding hydrogens is 347 g/mol. The number of nitrogens with zero attached hydrogens (tertiary/aromatic N) is 1. The van der Waals surface area contributed by atoms with Gasteiger partial charge in [0.05, 0.1) is 6.54 Å². The van der Waals surface area contributed by atoms with E-state index in [0.29, 0.717) is 25.3 Å². The smallest absolute Gasteiger partial charge is 0.225 e. The number of carbonyl (C=O) groups excluding carboxylic acids is 1. The lowest BCUT2D eigenvalue weighted by Gasteiger charge is -2.40. The first-order valence-corrected chi connectivity index (χ1v) is 8.66. The lowest BCUT2D eigenvalue weighted by atomic mass is 9.90. The van der Waals surface area contributed by atoms with Crippen LogP contribution >= 0.6 is 12.4 Å². The Morgan fingerprint density at radius 2 is 2.00 bits per heavy atom. The van der Waals surface area contributed by atoms with Crippen molar-refractivity contribution >= 4 is 18.3 Å². The van der Waals surface area contributed by atoms with E-state index in [1.54, 1.807) is 17.0 Å². The number of β-amino-alcohol motifs (C(OH)–C–C–N with tert-alkyl or cyclic N) is 1. The summed E-state index contributed by atoms with van der Waals surface area (Å²) in [5, 5.41) is 14.1. The zero-order valence-electron chi connectivity index (χ0n) is 14.2. The number of carbonyl (C=O) groups is 1. The van der Waals surface area contributed by atoms with E-state index in [2.05, 4.69) is 5.32 Å². The van der Waals surface area contributed by atoms with E-state index in [0.717, 1.165) is 32.4 Å². The molecule has 1 aromatic carbocycles. The van der Waals surface area contributed by atoms with Crippen molar-refractivity contribution < 1.29 is 19.0 Å². The van der Waals surface area contributed by atoms with Crippen molar-refractivity contribution in [3.63, 3.8) is 0 Å². The third-order valence-electron chi connectivity index (χ3n) is 4.88. The number of halogens is 2. The van der Waals surface area contributed by atoms with Gasteiger partial charge in [-0.3, -0.25) is 4.79 Å². The van der Waals surface area contributed by atoms with Gasteiger partial charge in [-0.1, -0.05) is 0 Å². The number of benzene rings is 1. The third kappa shape index (κ3) is 5.30. The maximum absolute atomic E-state index is 12.9. The van der Waals surface area contributed by atoms with E-state index < -0.39 is 5.60 Å².